The summed E-state index contributed by atoms with van der Waals surface area (Å²) in [5.41, 5.74) is 0.760. The van der Waals surface area contributed by atoms with Gasteiger partial charge >= 0.3 is 11.0 Å². The average molecular weight is 496 g/mol. The van der Waals surface area contributed by atoms with E-state index in [0.717, 1.165) is 26.0 Å². The molecule has 1 aromatic carbocycles. The van der Waals surface area contributed by atoms with Crippen LogP contribution in [0.4, 0.5) is 5.00 Å². The summed E-state index contributed by atoms with van der Waals surface area (Å²) in [6.45, 7) is 1.91. The van der Waals surface area contributed by atoms with Crippen molar-refractivity contribution in [3.8, 4) is 0 Å². The Hall–Kier alpha value is -2.63. The highest BCUT2D eigenvalue weighted by Gasteiger charge is 2.12. The van der Waals surface area contributed by atoms with Gasteiger partial charge in [0.15, 0.2) is 4.80 Å². The normalized spacial score (nSPS) is 12.0. The van der Waals surface area contributed by atoms with Crippen molar-refractivity contribution in [1.29, 1.82) is 0 Å². The molecule has 3 aromatic rings. The number of halogens is 1. The minimum atomic E-state index is -0.538. The predicted octanol–water partition coefficient (Wildman–Crippen LogP) is 4.14. The molecule has 0 unspecified atom stereocenters. The van der Waals surface area contributed by atoms with Crippen molar-refractivity contribution < 1.29 is 19.2 Å². The van der Waals surface area contributed by atoms with E-state index in [9.17, 15) is 19.7 Å². The Balaban J connectivity index is 1.94. The second-order valence-electron chi connectivity index (χ2n) is 5.60. The number of amides is 1. The lowest BCUT2D eigenvalue weighted by molar-refractivity contribution is -0.380. The fourth-order valence-electron chi connectivity index (χ4n) is 2.44. The van der Waals surface area contributed by atoms with Crippen molar-refractivity contribution in [2.45, 2.75) is 13.5 Å². The summed E-state index contributed by atoms with van der Waals surface area (Å²) < 4.78 is 8.37. The van der Waals surface area contributed by atoms with E-state index in [0.29, 0.717) is 9.68 Å². The molecule has 2 aromatic heterocycles. The van der Waals surface area contributed by atoms with Gasteiger partial charge in [0.1, 0.15) is 6.54 Å². The molecule has 11 heteroatoms. The summed E-state index contributed by atoms with van der Waals surface area (Å²) in [7, 11) is 0. The number of hydrogen-bond acceptors (Lipinski definition) is 7. The maximum absolute atomic E-state index is 12.3. The Morgan fingerprint density at radius 3 is 2.79 bits per heavy atom. The maximum Gasteiger partial charge on any atom is 0.326 e. The van der Waals surface area contributed by atoms with E-state index in [1.165, 1.54) is 29.6 Å². The predicted molar refractivity (Wildman–Crippen MR) is 115 cm³/mol. The summed E-state index contributed by atoms with van der Waals surface area (Å²) in [6, 6.07) is 8.49. The van der Waals surface area contributed by atoms with E-state index < -0.39 is 16.8 Å². The van der Waals surface area contributed by atoms with Gasteiger partial charge in [-0.15, -0.1) is 0 Å². The van der Waals surface area contributed by atoms with Crippen LogP contribution >= 0.6 is 38.6 Å². The van der Waals surface area contributed by atoms with Crippen LogP contribution in [0.3, 0.4) is 0 Å². The molecule has 0 bridgehead atoms. The number of carbonyl (C=O) groups excluding carboxylic acids is 2. The van der Waals surface area contributed by atoms with Gasteiger partial charge < -0.3 is 9.30 Å². The van der Waals surface area contributed by atoms with E-state index in [-0.39, 0.29) is 18.2 Å². The number of esters is 1. The standard InChI is InChI=1S/C18H14BrN3O5S2/c1-2-27-17(24)10-21-13-6-3-11(19)9-14(13)29-18(21)20-15(23)7-4-12-5-8-16(28-12)22(25)26/h3-9H,2,10H2,1H3. The van der Waals surface area contributed by atoms with Gasteiger partial charge in [0.25, 0.3) is 5.91 Å². The Morgan fingerprint density at radius 2 is 2.10 bits per heavy atom. The number of carbonyl (C=O) groups is 2. The van der Waals surface area contributed by atoms with Crippen LogP contribution in [0.15, 0.2) is 45.9 Å². The van der Waals surface area contributed by atoms with Crippen LogP contribution < -0.4 is 4.80 Å². The molecule has 0 spiro atoms. The number of nitro groups is 1. The smallest absolute Gasteiger partial charge is 0.326 e. The molecule has 29 heavy (non-hydrogen) atoms. The van der Waals surface area contributed by atoms with Crippen molar-refractivity contribution in [1.82, 2.24) is 4.57 Å². The highest BCUT2D eigenvalue weighted by molar-refractivity contribution is 9.10. The first-order chi connectivity index (χ1) is 13.9. The minimum Gasteiger partial charge on any atom is -0.465 e. The maximum atomic E-state index is 12.3. The topological polar surface area (TPSA) is 104 Å². The summed E-state index contributed by atoms with van der Waals surface area (Å²) in [5.74, 6) is -0.963. The number of rotatable bonds is 6. The van der Waals surface area contributed by atoms with Crippen molar-refractivity contribution in [3.63, 3.8) is 0 Å². The van der Waals surface area contributed by atoms with E-state index in [2.05, 4.69) is 20.9 Å². The number of nitrogens with zero attached hydrogens (tertiary/aromatic N) is 3. The summed E-state index contributed by atoms with van der Waals surface area (Å²) in [5, 5.41) is 10.7. The third-order valence-electron chi connectivity index (χ3n) is 3.63. The molecule has 0 aliphatic heterocycles. The number of ether oxygens (including phenoxy) is 1. The van der Waals surface area contributed by atoms with Gasteiger partial charge in [0.05, 0.1) is 21.7 Å². The molecule has 0 saturated heterocycles. The van der Waals surface area contributed by atoms with Gasteiger partial charge in [0, 0.05) is 21.5 Å². The molecule has 150 valence electrons. The summed E-state index contributed by atoms with van der Waals surface area (Å²) >= 11 is 5.64. The van der Waals surface area contributed by atoms with E-state index in [1.54, 1.807) is 17.6 Å². The fourth-order valence-corrected chi connectivity index (χ4v) is 4.75. The molecule has 0 saturated carbocycles. The third kappa shape index (κ3) is 5.25. The van der Waals surface area contributed by atoms with Gasteiger partial charge in [-0.1, -0.05) is 38.6 Å². The number of benzene rings is 1. The lowest BCUT2D eigenvalue weighted by atomic mass is 10.3. The summed E-state index contributed by atoms with van der Waals surface area (Å²) in [4.78, 5) is 39.6. The molecule has 1 amide bonds. The monoisotopic (exact) mass is 495 g/mol. The van der Waals surface area contributed by atoms with Crippen LogP contribution in [0.25, 0.3) is 16.3 Å². The zero-order valence-electron chi connectivity index (χ0n) is 15.0. The van der Waals surface area contributed by atoms with Crippen molar-refractivity contribution in [2.75, 3.05) is 6.61 Å². The van der Waals surface area contributed by atoms with Gasteiger partial charge in [-0.05, 0) is 37.3 Å². The van der Waals surface area contributed by atoms with Crippen LogP contribution in [0.1, 0.15) is 11.8 Å². The van der Waals surface area contributed by atoms with Crippen LogP contribution in [-0.4, -0.2) is 28.0 Å². The number of hydrogen-bond donors (Lipinski definition) is 0. The second-order valence-corrected chi connectivity index (χ2v) is 8.62. The summed E-state index contributed by atoms with van der Waals surface area (Å²) in [6.07, 6.45) is 2.72. The lowest BCUT2D eigenvalue weighted by Gasteiger charge is -2.04. The van der Waals surface area contributed by atoms with E-state index in [1.807, 2.05) is 18.2 Å². The fraction of sp³-hybridized carbons (Fsp3) is 0.167. The molecular formula is C18H14BrN3O5S2. The first-order valence-electron chi connectivity index (χ1n) is 8.33. The van der Waals surface area contributed by atoms with Crippen LogP contribution in [0, 0.1) is 10.1 Å². The van der Waals surface area contributed by atoms with Crippen molar-refractivity contribution in [2.24, 2.45) is 4.99 Å². The molecule has 0 radical (unpaired) electrons. The lowest BCUT2D eigenvalue weighted by Crippen LogP contribution is -2.22. The quantitative estimate of drug-likeness (QED) is 0.221. The molecule has 8 nitrogen and oxygen atoms in total. The van der Waals surface area contributed by atoms with E-state index >= 15 is 0 Å². The largest absolute Gasteiger partial charge is 0.465 e. The molecular weight excluding hydrogens is 482 g/mol. The average Bonchev–Trinajstić information content (AvgIpc) is 3.25. The Bertz CT molecular complexity index is 1190. The Kier molecular flexibility index (Phi) is 6.72. The molecule has 2 heterocycles. The number of thiophene rings is 1. The highest BCUT2D eigenvalue weighted by Crippen LogP contribution is 2.25. The molecule has 0 atom stereocenters. The molecule has 0 aliphatic carbocycles. The molecule has 0 fully saturated rings. The van der Waals surface area contributed by atoms with Crippen LogP contribution in [0.2, 0.25) is 0 Å². The first-order valence-corrected chi connectivity index (χ1v) is 10.8. The van der Waals surface area contributed by atoms with Crippen LogP contribution in [0.5, 0.6) is 0 Å². The molecule has 0 aliphatic rings. The third-order valence-corrected chi connectivity index (χ3v) is 6.16. The zero-order valence-corrected chi connectivity index (χ0v) is 18.3. The molecule has 3 rings (SSSR count). The van der Waals surface area contributed by atoms with Gasteiger partial charge in [-0.3, -0.25) is 19.7 Å². The van der Waals surface area contributed by atoms with Gasteiger partial charge in [0.2, 0.25) is 0 Å². The van der Waals surface area contributed by atoms with Crippen molar-refractivity contribution in [3.05, 3.63) is 60.7 Å². The Labute approximate surface area is 181 Å². The molecule has 0 N–H and O–H groups in total. The Morgan fingerprint density at radius 1 is 1.31 bits per heavy atom. The highest BCUT2D eigenvalue weighted by atomic mass is 79.9. The second kappa shape index (κ2) is 9.25. The van der Waals surface area contributed by atoms with Crippen molar-refractivity contribution >= 4 is 71.8 Å². The van der Waals surface area contributed by atoms with Crippen LogP contribution in [-0.2, 0) is 20.9 Å². The van der Waals surface area contributed by atoms with Gasteiger partial charge in [-0.25, -0.2) is 0 Å². The van der Waals surface area contributed by atoms with Gasteiger partial charge in [-0.2, -0.15) is 4.99 Å². The SMILES string of the molecule is CCOC(=O)Cn1c(=NC(=O)C=Cc2ccc([N+](=O)[O-])s2)sc2cc(Br)ccc21. The number of thiazole rings is 1. The minimum absolute atomic E-state index is 0.00333. The number of aromatic nitrogens is 1. The zero-order chi connectivity index (χ0) is 21.0. The first kappa shape index (κ1) is 21.1. The number of fused-ring (bicyclic) bond motifs is 1. The van der Waals surface area contributed by atoms with E-state index in [4.69, 9.17) is 4.74 Å².